The highest BCUT2D eigenvalue weighted by atomic mass is 32.2. The fraction of sp³-hybridized carbons (Fsp3) is 0.333. The van der Waals surface area contributed by atoms with E-state index in [0.717, 1.165) is 22.2 Å². The normalized spacial score (nSPS) is 19.7. The van der Waals surface area contributed by atoms with Gasteiger partial charge in [-0.15, -0.1) is 6.42 Å². The van der Waals surface area contributed by atoms with Crippen LogP contribution < -0.4 is 10.1 Å². The number of hydrogen-bond acceptors (Lipinski definition) is 6. The lowest BCUT2D eigenvalue weighted by Crippen LogP contribution is -2.55. The summed E-state index contributed by atoms with van der Waals surface area (Å²) in [6.45, 7) is 3.13. The van der Waals surface area contributed by atoms with Crippen LogP contribution >= 0.6 is 0 Å². The fourth-order valence-corrected chi connectivity index (χ4v) is 6.78. The van der Waals surface area contributed by atoms with Crippen LogP contribution in [0.2, 0.25) is 0 Å². The van der Waals surface area contributed by atoms with Gasteiger partial charge >= 0.3 is 0 Å². The molecule has 7 nitrogen and oxygen atoms in total. The summed E-state index contributed by atoms with van der Waals surface area (Å²) < 4.78 is 31.4. The van der Waals surface area contributed by atoms with E-state index in [1.807, 2.05) is 42.2 Å². The number of fused-ring (bicyclic) bond motifs is 1. The number of carbonyl (C=O) groups is 1. The van der Waals surface area contributed by atoms with E-state index < -0.39 is 14.6 Å². The number of pyridine rings is 1. The first kappa shape index (κ1) is 24.7. The van der Waals surface area contributed by atoms with Gasteiger partial charge in [0.1, 0.15) is 17.1 Å². The Bertz CT molecular complexity index is 1380. The van der Waals surface area contributed by atoms with Crippen molar-refractivity contribution in [3.63, 3.8) is 0 Å². The molecule has 2 aromatic carbocycles. The van der Waals surface area contributed by atoms with E-state index in [-0.39, 0.29) is 24.6 Å². The summed E-state index contributed by atoms with van der Waals surface area (Å²) in [6, 6.07) is 16.9. The molecule has 1 aromatic heterocycles. The van der Waals surface area contributed by atoms with Crippen molar-refractivity contribution in [3.8, 4) is 18.1 Å². The van der Waals surface area contributed by atoms with Crippen LogP contribution in [-0.4, -0.2) is 56.6 Å². The van der Waals surface area contributed by atoms with Gasteiger partial charge in [-0.2, -0.15) is 0 Å². The van der Waals surface area contributed by atoms with Gasteiger partial charge in [-0.25, -0.2) is 8.42 Å². The number of aromatic nitrogens is 1. The number of sulfone groups is 1. The van der Waals surface area contributed by atoms with Gasteiger partial charge in [0.25, 0.3) is 0 Å². The number of terminal acetylenes is 1. The Hall–Kier alpha value is -3.41. The summed E-state index contributed by atoms with van der Waals surface area (Å²) in [5, 5.41) is 3.60. The Balaban J connectivity index is 1.62. The first-order valence-electron chi connectivity index (χ1n) is 11.5. The second kappa shape index (κ2) is 10.1. The first-order valence-corrected chi connectivity index (χ1v) is 13.1. The zero-order valence-electron chi connectivity index (χ0n) is 20.0. The van der Waals surface area contributed by atoms with Gasteiger partial charge in [0.15, 0.2) is 9.84 Å². The molecule has 1 fully saturated rings. The zero-order chi connectivity index (χ0) is 25.1. The van der Waals surface area contributed by atoms with Gasteiger partial charge in [-0.1, -0.05) is 36.3 Å². The predicted octanol–water partition coefficient (Wildman–Crippen LogP) is 2.82. The number of carbonyl (C=O) groups excluding carboxylic acids is 1. The largest absolute Gasteiger partial charge is 0.489 e. The van der Waals surface area contributed by atoms with Crippen molar-refractivity contribution in [2.75, 3.05) is 32.4 Å². The molecule has 0 saturated carbocycles. The summed E-state index contributed by atoms with van der Waals surface area (Å²) in [5.41, 5.74) is 3.40. The third-order valence-corrected chi connectivity index (χ3v) is 8.91. The molecule has 1 aliphatic rings. The number of hydrogen-bond donors (Lipinski definition) is 1. The van der Waals surface area contributed by atoms with E-state index in [2.05, 4.69) is 16.2 Å². The van der Waals surface area contributed by atoms with E-state index >= 15 is 0 Å². The van der Waals surface area contributed by atoms with Crippen molar-refractivity contribution < 1.29 is 17.9 Å². The maximum absolute atomic E-state index is 13.4. The fourth-order valence-electron chi connectivity index (χ4n) is 4.66. The second-order valence-corrected chi connectivity index (χ2v) is 11.3. The lowest BCUT2D eigenvalue weighted by Gasteiger charge is -2.41. The van der Waals surface area contributed by atoms with E-state index in [0.29, 0.717) is 31.0 Å². The third kappa shape index (κ3) is 5.02. The highest BCUT2D eigenvalue weighted by Gasteiger charge is 2.50. The van der Waals surface area contributed by atoms with Gasteiger partial charge in [0.2, 0.25) is 5.91 Å². The Morgan fingerprint density at radius 2 is 1.97 bits per heavy atom. The lowest BCUT2D eigenvalue weighted by molar-refractivity contribution is -0.121. The van der Waals surface area contributed by atoms with Crippen molar-refractivity contribution >= 4 is 26.6 Å². The average Bonchev–Trinajstić information content (AvgIpc) is 2.85. The van der Waals surface area contributed by atoms with Gasteiger partial charge in [0, 0.05) is 36.8 Å². The van der Waals surface area contributed by atoms with Crippen molar-refractivity contribution in [1.29, 1.82) is 0 Å². The van der Waals surface area contributed by atoms with Crippen LogP contribution in [0.1, 0.15) is 23.2 Å². The maximum Gasteiger partial charge on any atom is 0.221 e. The van der Waals surface area contributed by atoms with Crippen molar-refractivity contribution in [1.82, 2.24) is 15.2 Å². The van der Waals surface area contributed by atoms with Crippen molar-refractivity contribution in [3.05, 3.63) is 71.4 Å². The van der Waals surface area contributed by atoms with Crippen LogP contribution in [-0.2, 0) is 26.0 Å². The molecule has 0 radical (unpaired) electrons. The highest BCUT2D eigenvalue weighted by molar-refractivity contribution is 7.92. The van der Waals surface area contributed by atoms with Crippen LogP contribution in [0, 0.1) is 19.3 Å². The molecule has 0 aliphatic carbocycles. The summed E-state index contributed by atoms with van der Waals surface area (Å²) >= 11 is 0. The van der Waals surface area contributed by atoms with Crippen molar-refractivity contribution in [2.45, 2.75) is 24.7 Å². The Kier molecular flexibility index (Phi) is 7.10. The van der Waals surface area contributed by atoms with Gasteiger partial charge in [-0.3, -0.25) is 14.7 Å². The van der Waals surface area contributed by atoms with Gasteiger partial charge < -0.3 is 10.1 Å². The van der Waals surface area contributed by atoms with Crippen LogP contribution in [0.5, 0.6) is 5.75 Å². The third-order valence-electron chi connectivity index (χ3n) is 6.50. The Morgan fingerprint density at radius 1 is 1.23 bits per heavy atom. The van der Waals surface area contributed by atoms with Crippen LogP contribution in [0.15, 0.2) is 54.6 Å². The van der Waals surface area contributed by atoms with Crippen LogP contribution in [0.25, 0.3) is 10.9 Å². The molecule has 1 saturated heterocycles. The van der Waals surface area contributed by atoms with Gasteiger partial charge in [0.05, 0.1) is 24.2 Å². The molecule has 3 aromatic rings. The molecule has 1 aliphatic heterocycles. The smallest absolute Gasteiger partial charge is 0.221 e. The average molecular weight is 492 g/mol. The number of nitrogens with zero attached hydrogens (tertiary/aromatic N) is 2. The highest BCUT2D eigenvalue weighted by Crippen LogP contribution is 2.39. The summed E-state index contributed by atoms with van der Waals surface area (Å²) in [4.78, 5) is 18.9. The number of nitrogens with one attached hydrogen (secondary N) is 1. The van der Waals surface area contributed by atoms with E-state index in [1.54, 1.807) is 24.3 Å². The standard InChI is InChI=1S/C27H29N3O4S/c1-4-13-30-14-15-35(32,33)27(19-30,17-26(31)28-3)22-9-11-23(12-10-22)34-18-21-16-20(2)29-25-8-6-5-7-24(21)25/h1,5-12,16H,13-15,17-19H2,2-3H3,(H,28,31). The maximum atomic E-state index is 13.4. The number of rotatable bonds is 7. The van der Waals surface area contributed by atoms with Crippen LogP contribution in [0.3, 0.4) is 0 Å². The topological polar surface area (TPSA) is 88.6 Å². The molecule has 8 heteroatoms. The molecule has 2 heterocycles. The number of para-hydroxylation sites is 1. The molecule has 1 N–H and O–H groups in total. The Labute approximate surface area is 206 Å². The molecule has 0 spiro atoms. The minimum atomic E-state index is -3.61. The molecular formula is C27H29N3O4S. The van der Waals surface area contributed by atoms with Crippen LogP contribution in [0.4, 0.5) is 0 Å². The molecule has 0 bridgehead atoms. The number of ether oxygens (including phenoxy) is 1. The number of amides is 1. The minimum Gasteiger partial charge on any atom is -0.489 e. The molecule has 35 heavy (non-hydrogen) atoms. The lowest BCUT2D eigenvalue weighted by atomic mass is 9.92. The monoisotopic (exact) mass is 491 g/mol. The number of aryl methyl sites for hydroxylation is 1. The quantitative estimate of drug-likeness (QED) is 0.512. The SMILES string of the molecule is C#CCN1CCS(=O)(=O)C(CC(=O)NC)(c2ccc(OCc3cc(C)nc4ccccc34)cc2)C1. The van der Waals surface area contributed by atoms with Crippen molar-refractivity contribution in [2.24, 2.45) is 0 Å². The molecule has 1 atom stereocenters. The molecule has 182 valence electrons. The van der Waals surface area contributed by atoms with E-state index in [1.165, 1.54) is 7.05 Å². The first-order chi connectivity index (χ1) is 16.8. The molecular weight excluding hydrogens is 462 g/mol. The zero-order valence-corrected chi connectivity index (χ0v) is 20.8. The van der Waals surface area contributed by atoms with E-state index in [4.69, 9.17) is 11.2 Å². The molecule has 4 rings (SSSR count). The minimum absolute atomic E-state index is 0.0571. The second-order valence-electron chi connectivity index (χ2n) is 8.83. The van der Waals surface area contributed by atoms with Gasteiger partial charge in [-0.05, 0) is 36.8 Å². The summed E-state index contributed by atoms with van der Waals surface area (Å²) in [7, 11) is -2.10. The Morgan fingerprint density at radius 3 is 2.69 bits per heavy atom. The molecule has 1 unspecified atom stereocenters. The number of benzene rings is 2. The predicted molar refractivity (Wildman–Crippen MR) is 137 cm³/mol. The molecule has 1 amide bonds. The summed E-state index contributed by atoms with van der Waals surface area (Å²) in [6.07, 6.45) is 5.31. The van der Waals surface area contributed by atoms with E-state index in [9.17, 15) is 13.2 Å². The summed E-state index contributed by atoms with van der Waals surface area (Å²) in [5.74, 6) is 2.80.